The highest BCUT2D eigenvalue weighted by Gasteiger charge is 1.96. The summed E-state index contributed by atoms with van der Waals surface area (Å²) in [6.45, 7) is 8.40. The van der Waals surface area contributed by atoms with Gasteiger partial charge >= 0.3 is 0 Å². The van der Waals surface area contributed by atoms with Gasteiger partial charge in [-0.2, -0.15) is 5.10 Å². The van der Waals surface area contributed by atoms with Gasteiger partial charge in [0.05, 0.1) is 106 Å². The van der Waals surface area contributed by atoms with Gasteiger partial charge in [0.25, 0.3) is 6.47 Å². The van der Waals surface area contributed by atoms with Crippen LogP contribution in [0, 0.1) is 0 Å². The minimum absolute atomic E-state index is 0.00968. The number of rotatable bonds is 28. The van der Waals surface area contributed by atoms with Gasteiger partial charge in [-0.1, -0.05) is 0 Å². The van der Waals surface area contributed by atoms with Crippen molar-refractivity contribution < 1.29 is 47.4 Å². The number of nitrogens with zero attached hydrogens (tertiary/aromatic N) is 2. The Hall–Kier alpha value is -1.71. The molecule has 13 nitrogen and oxygen atoms in total. The monoisotopic (exact) mass is 495 g/mol. The maximum absolute atomic E-state index is 10.1. The highest BCUT2D eigenvalue weighted by molar-refractivity contribution is 6.31. The molecule has 0 aromatic carbocycles. The third-order valence-corrected chi connectivity index (χ3v) is 3.73. The second kappa shape index (κ2) is 29.3. The van der Waals surface area contributed by atoms with Gasteiger partial charge in [-0.3, -0.25) is 9.79 Å². The third-order valence-electron chi connectivity index (χ3n) is 3.73. The van der Waals surface area contributed by atoms with Gasteiger partial charge in [0.2, 0.25) is 0 Å². The fourth-order valence-corrected chi connectivity index (χ4v) is 2.08. The Morgan fingerprint density at radius 3 is 1.38 bits per heavy atom. The summed E-state index contributed by atoms with van der Waals surface area (Å²) >= 11 is 0. The first-order valence-electron chi connectivity index (χ1n) is 11.2. The lowest BCUT2D eigenvalue weighted by Gasteiger charge is -2.08. The highest BCUT2D eigenvalue weighted by atomic mass is 16.6. The number of hydrogen-bond acceptors (Lipinski definition) is 13. The predicted octanol–water partition coefficient (Wildman–Crippen LogP) is -0.692. The van der Waals surface area contributed by atoms with E-state index in [0.29, 0.717) is 118 Å². The third kappa shape index (κ3) is 26.5. The summed E-state index contributed by atoms with van der Waals surface area (Å²) in [7, 11) is 1.64. The van der Waals surface area contributed by atoms with Crippen molar-refractivity contribution in [1.82, 2.24) is 0 Å². The molecule has 0 saturated carbocycles. The molecule has 0 unspecified atom stereocenters. The number of nitrogens with two attached hydrogens (primary N) is 1. The SMILES string of the molecule is COCCOCCOCCOCCOCCOCCOCCOCCN=C/C(COC=O)=N\N. The lowest BCUT2D eigenvalue weighted by Crippen LogP contribution is -2.15. The number of methoxy groups -OCH3 is 1. The van der Waals surface area contributed by atoms with Gasteiger partial charge in [-0.05, 0) is 0 Å². The summed E-state index contributed by atoms with van der Waals surface area (Å²) in [6.07, 6.45) is 1.44. The zero-order valence-electron chi connectivity index (χ0n) is 20.2. The van der Waals surface area contributed by atoms with Gasteiger partial charge < -0.3 is 48.5 Å². The van der Waals surface area contributed by atoms with Crippen LogP contribution < -0.4 is 5.84 Å². The van der Waals surface area contributed by atoms with Crippen LogP contribution >= 0.6 is 0 Å². The molecule has 0 aliphatic carbocycles. The Morgan fingerprint density at radius 1 is 0.647 bits per heavy atom. The molecule has 2 N–H and O–H groups in total. The molecular weight excluding hydrogens is 454 g/mol. The quantitative estimate of drug-likeness (QED) is 0.0483. The van der Waals surface area contributed by atoms with Gasteiger partial charge in [-0.25, -0.2) is 0 Å². The molecule has 0 bridgehead atoms. The van der Waals surface area contributed by atoms with E-state index in [4.69, 9.17) is 43.7 Å². The molecule has 0 rings (SSSR count). The molecule has 200 valence electrons. The van der Waals surface area contributed by atoms with Crippen molar-refractivity contribution in [1.29, 1.82) is 0 Å². The number of carbonyl (C=O) groups is 1. The van der Waals surface area contributed by atoms with E-state index in [1.807, 2.05) is 0 Å². The molecule has 0 aliphatic heterocycles. The van der Waals surface area contributed by atoms with Crippen LogP contribution in [0.3, 0.4) is 0 Å². The van der Waals surface area contributed by atoms with E-state index < -0.39 is 0 Å². The minimum Gasteiger partial charge on any atom is -0.461 e. The van der Waals surface area contributed by atoms with Crippen LogP contribution in [0.15, 0.2) is 10.1 Å². The minimum atomic E-state index is -0.00968. The average molecular weight is 496 g/mol. The van der Waals surface area contributed by atoms with E-state index >= 15 is 0 Å². The van der Waals surface area contributed by atoms with E-state index in [-0.39, 0.29) is 6.61 Å². The second-order valence-corrected chi connectivity index (χ2v) is 6.34. The van der Waals surface area contributed by atoms with Gasteiger partial charge in [0.15, 0.2) is 0 Å². The lowest BCUT2D eigenvalue weighted by molar-refractivity contribution is -0.127. The first-order chi connectivity index (χ1) is 16.8. The summed E-state index contributed by atoms with van der Waals surface area (Å²) in [5, 5.41) is 3.44. The summed E-state index contributed by atoms with van der Waals surface area (Å²) in [5.74, 6) is 5.14. The number of hydrazone groups is 1. The van der Waals surface area contributed by atoms with Crippen LogP contribution in [-0.4, -0.2) is 138 Å². The molecule has 0 radical (unpaired) electrons. The molecule has 0 saturated heterocycles. The molecule has 13 heteroatoms. The van der Waals surface area contributed by atoms with E-state index in [1.165, 1.54) is 6.21 Å². The molecule has 0 fully saturated rings. The van der Waals surface area contributed by atoms with Crippen LogP contribution in [0.4, 0.5) is 0 Å². The van der Waals surface area contributed by atoms with Crippen LogP contribution in [0.25, 0.3) is 0 Å². The van der Waals surface area contributed by atoms with E-state index in [0.717, 1.165) is 0 Å². The Balaban J connectivity index is 3.16. The van der Waals surface area contributed by atoms with Crippen LogP contribution in [0.5, 0.6) is 0 Å². The first-order valence-corrected chi connectivity index (χ1v) is 11.2. The number of aliphatic imine (C=N–C) groups is 1. The van der Waals surface area contributed by atoms with Gasteiger partial charge in [0.1, 0.15) is 12.3 Å². The molecule has 0 aliphatic rings. The van der Waals surface area contributed by atoms with Crippen LogP contribution in [0.2, 0.25) is 0 Å². The molecule has 0 heterocycles. The van der Waals surface area contributed by atoms with Crippen molar-refractivity contribution in [2.45, 2.75) is 0 Å². The Bertz CT molecular complexity index is 484. The molecule has 0 spiro atoms. The fourth-order valence-electron chi connectivity index (χ4n) is 2.08. The zero-order valence-corrected chi connectivity index (χ0v) is 20.2. The Kier molecular flexibility index (Phi) is 27.8. The van der Waals surface area contributed by atoms with E-state index in [1.54, 1.807) is 7.11 Å². The van der Waals surface area contributed by atoms with Crippen molar-refractivity contribution in [3.8, 4) is 0 Å². The first kappa shape index (κ1) is 32.3. The number of ether oxygens (including phenoxy) is 9. The summed E-state index contributed by atoms with van der Waals surface area (Å²) in [5.41, 5.74) is 0.367. The maximum atomic E-state index is 10.1. The summed E-state index contributed by atoms with van der Waals surface area (Å²) in [4.78, 5) is 14.2. The molecule has 0 atom stereocenters. The molecule has 0 aromatic rings. The smallest absolute Gasteiger partial charge is 0.293 e. The number of carbonyl (C=O) groups excluding carboxylic acids is 1. The van der Waals surface area contributed by atoms with Crippen molar-refractivity contribution in [2.75, 3.05) is 119 Å². The second-order valence-electron chi connectivity index (χ2n) is 6.34. The normalized spacial score (nSPS) is 12.0. The van der Waals surface area contributed by atoms with Gasteiger partial charge in [0, 0.05) is 13.3 Å². The molecule has 0 aromatic heterocycles. The standard InChI is InChI=1S/C21H41N3O10/c1-26-4-5-28-8-9-30-12-13-32-16-17-33-15-14-31-11-10-29-7-6-27-3-2-23-18-21(24-22)19-34-20-25/h18,20H,2-17,19,22H2,1H3/b23-18?,24-21+. The highest BCUT2D eigenvalue weighted by Crippen LogP contribution is 1.86. The van der Waals surface area contributed by atoms with Crippen LogP contribution in [0.1, 0.15) is 0 Å². The fraction of sp³-hybridized carbons (Fsp3) is 0.857. The van der Waals surface area contributed by atoms with Crippen molar-refractivity contribution in [3.05, 3.63) is 0 Å². The Labute approximate surface area is 201 Å². The maximum Gasteiger partial charge on any atom is 0.293 e. The van der Waals surface area contributed by atoms with Crippen molar-refractivity contribution in [3.63, 3.8) is 0 Å². The summed E-state index contributed by atoms with van der Waals surface area (Å²) < 4.78 is 47.1. The van der Waals surface area contributed by atoms with Gasteiger partial charge in [-0.15, -0.1) is 0 Å². The predicted molar refractivity (Wildman–Crippen MR) is 125 cm³/mol. The average Bonchev–Trinajstić information content (AvgIpc) is 2.85. The van der Waals surface area contributed by atoms with E-state index in [9.17, 15) is 4.79 Å². The van der Waals surface area contributed by atoms with E-state index in [2.05, 4.69) is 14.8 Å². The lowest BCUT2D eigenvalue weighted by atomic mass is 10.4. The topological polar surface area (TPSA) is 151 Å². The van der Waals surface area contributed by atoms with Crippen LogP contribution in [-0.2, 0) is 47.4 Å². The van der Waals surface area contributed by atoms with Crippen molar-refractivity contribution >= 4 is 18.4 Å². The molecular formula is C21H41N3O10. The number of hydrogen-bond donors (Lipinski definition) is 1. The molecule has 0 amide bonds. The van der Waals surface area contributed by atoms with Crippen molar-refractivity contribution in [2.24, 2.45) is 15.9 Å². The zero-order chi connectivity index (χ0) is 24.8. The molecule has 34 heavy (non-hydrogen) atoms. The summed E-state index contributed by atoms with van der Waals surface area (Å²) in [6, 6.07) is 0. The Morgan fingerprint density at radius 2 is 1.03 bits per heavy atom. The largest absolute Gasteiger partial charge is 0.461 e.